The number of nitrogens with two attached hydrogens (primary N) is 1. The van der Waals surface area contributed by atoms with Crippen molar-refractivity contribution in [3.8, 4) is 11.5 Å². The minimum absolute atomic E-state index is 0.0300. The molecule has 2 heterocycles. The van der Waals surface area contributed by atoms with Crippen molar-refractivity contribution in [3.63, 3.8) is 0 Å². The van der Waals surface area contributed by atoms with Crippen molar-refractivity contribution >= 4 is 117 Å². The molecule has 1 aliphatic heterocycles. The molecule has 0 bridgehead atoms. The maximum atomic E-state index is 15.8. The van der Waals surface area contributed by atoms with Crippen molar-refractivity contribution in [2.75, 3.05) is 73.4 Å². The zero-order chi connectivity index (χ0) is 95.2. The number of aromatic nitrogens is 1. The molecule has 696 valence electrons. The first-order chi connectivity index (χ1) is 61.8. The van der Waals surface area contributed by atoms with Crippen molar-refractivity contribution < 1.29 is 92.0 Å². The van der Waals surface area contributed by atoms with Crippen LogP contribution in [0.15, 0.2) is 170 Å². The van der Waals surface area contributed by atoms with E-state index in [2.05, 4.69) is 47.5 Å². The standard InChI is InChI=1S/C94H120N16O19S/c1-12-13-33-74-92(127)106(7)53-79(114)98-69(49-82(117)118)86(121)104-83(57(4)5)94(129)109(10)76(45-59-27-19-15-20-28-59)88(123)102-70(44-61-34-38-64(111)39-35-61)89(124)105(6)52-80(115)99-72(48-63-50-96-67-32-24-23-31-66(63)67)91(126)108(9)75(46-62-36-40-65(112)41-37-62)87(122)101-68(42-56(2)3)85(120)103-73(84(119)97-51-78(95)113)54-130-55-81(116)100-71(43-58-25-17-14-18-26-58)90(125)110(11)77(93(128)107(74)8)47-60-29-21-16-22-30-60/h14-32,34-41,50,56-57,68-77,83,96,111-112H,12-13,33,42-49,51-55H2,1-11H3,(H2,95,113)(H,97,119)(H,98,114)(H,99,115)(H,100,116)(H,101,122)(H,102,123)(H,103,120)(H,104,121)(H,117,118)/t68-,69-,70-,71-,72-,73-,74-,75-,76-,77-,83-/m0/s1. The Hall–Kier alpha value is -13.7. The van der Waals surface area contributed by atoms with E-state index < -0.39 is 199 Å². The molecule has 1 aromatic heterocycles. The van der Waals surface area contributed by atoms with Gasteiger partial charge in [0.15, 0.2) is 0 Å². The monoisotopic (exact) mass is 1810 g/mol. The number of aliphatic carboxylic acids is 1. The van der Waals surface area contributed by atoms with Gasteiger partial charge in [0.05, 0.1) is 31.8 Å². The Morgan fingerprint density at radius 1 is 0.454 bits per heavy atom. The summed E-state index contributed by atoms with van der Waals surface area (Å²) in [5.41, 5.74) is 9.16. The van der Waals surface area contributed by atoms with Crippen molar-refractivity contribution in [2.24, 2.45) is 17.6 Å². The number of hydrogen-bond donors (Lipinski definition) is 13. The summed E-state index contributed by atoms with van der Waals surface area (Å²) in [6.07, 6.45) is 0.148. The van der Waals surface area contributed by atoms with E-state index in [0.29, 0.717) is 57.1 Å². The number of hydrogen-bond acceptors (Lipinski definition) is 19. The number of primary amides is 1. The van der Waals surface area contributed by atoms with Crippen LogP contribution in [0.5, 0.6) is 11.5 Å². The van der Waals surface area contributed by atoms with Gasteiger partial charge in [-0.15, -0.1) is 11.8 Å². The summed E-state index contributed by atoms with van der Waals surface area (Å²) in [5, 5.41) is 53.1. The molecule has 6 aromatic carbocycles. The van der Waals surface area contributed by atoms with Gasteiger partial charge in [-0.1, -0.05) is 181 Å². The van der Waals surface area contributed by atoms with Crippen LogP contribution in [0.1, 0.15) is 100 Å². The number of carboxylic acids is 1. The Morgan fingerprint density at radius 2 is 0.885 bits per heavy atom. The molecule has 1 fully saturated rings. The molecule has 0 saturated carbocycles. The average Bonchev–Trinajstić information content (AvgIpc) is 1.75. The highest BCUT2D eigenvalue weighted by atomic mass is 32.2. The number of phenolic OH excluding ortho intramolecular Hbond substituents is 2. The normalized spacial score (nSPS) is 21.9. The number of para-hydroxylation sites is 1. The lowest BCUT2D eigenvalue weighted by Crippen LogP contribution is -2.61. The molecule has 35 nitrogen and oxygen atoms in total. The van der Waals surface area contributed by atoms with E-state index in [0.717, 1.165) is 31.4 Å². The molecule has 0 radical (unpaired) electrons. The van der Waals surface area contributed by atoms with E-state index in [9.17, 15) is 48.9 Å². The van der Waals surface area contributed by atoms with Crippen molar-refractivity contribution in [1.29, 1.82) is 0 Å². The van der Waals surface area contributed by atoms with Gasteiger partial charge < -0.3 is 98.0 Å². The molecule has 11 atom stereocenters. The highest BCUT2D eigenvalue weighted by molar-refractivity contribution is 8.00. The van der Waals surface area contributed by atoms with Gasteiger partial charge in [0.1, 0.15) is 78.0 Å². The molecular formula is C94H120N16O19S. The van der Waals surface area contributed by atoms with Gasteiger partial charge >= 0.3 is 5.97 Å². The van der Waals surface area contributed by atoms with Gasteiger partial charge in [0, 0.05) is 104 Å². The van der Waals surface area contributed by atoms with Gasteiger partial charge in [-0.2, -0.15) is 0 Å². The summed E-state index contributed by atoms with van der Waals surface area (Å²) in [7, 11) is 7.86. The second-order valence-corrected chi connectivity index (χ2v) is 34.5. The summed E-state index contributed by atoms with van der Waals surface area (Å²) in [6.45, 7) is 6.20. The summed E-state index contributed by atoms with van der Waals surface area (Å²) in [5.74, 6) is -17.3. The lowest BCUT2D eigenvalue weighted by Gasteiger charge is -2.37. The van der Waals surface area contributed by atoms with Crippen molar-refractivity contribution in [2.45, 2.75) is 172 Å². The van der Waals surface area contributed by atoms with E-state index in [1.165, 1.54) is 101 Å². The van der Waals surface area contributed by atoms with Crippen molar-refractivity contribution in [1.82, 2.24) is 76.9 Å². The number of aromatic hydroxyl groups is 2. The number of H-pyrrole nitrogens is 1. The lowest BCUT2D eigenvalue weighted by molar-refractivity contribution is -0.151. The summed E-state index contributed by atoms with van der Waals surface area (Å²) >= 11 is 0.833. The third-order valence-corrected chi connectivity index (χ3v) is 23.6. The number of benzene rings is 6. The number of unbranched alkanes of at least 4 members (excludes halogenated alkanes) is 1. The molecular weight excluding hydrogens is 1690 g/mol. The number of nitrogens with one attached hydrogen (secondary N) is 9. The van der Waals surface area contributed by atoms with Gasteiger partial charge in [-0.25, -0.2) is 0 Å². The van der Waals surface area contributed by atoms with Crippen LogP contribution in [0.3, 0.4) is 0 Å². The number of thioether (sulfide) groups is 1. The number of likely N-dealkylation sites (N-methyl/N-ethyl adjacent to an activating group) is 6. The van der Waals surface area contributed by atoms with Crippen LogP contribution in [0.25, 0.3) is 10.9 Å². The summed E-state index contributed by atoms with van der Waals surface area (Å²) < 4.78 is 0. The summed E-state index contributed by atoms with van der Waals surface area (Å²) in [4.78, 5) is 246. The maximum absolute atomic E-state index is 15.8. The molecule has 7 aromatic rings. The maximum Gasteiger partial charge on any atom is 0.305 e. The average molecular weight is 1810 g/mol. The predicted molar refractivity (Wildman–Crippen MR) is 487 cm³/mol. The number of fused-ring (bicyclic) bond motifs is 1. The lowest BCUT2D eigenvalue weighted by atomic mass is 9.98. The first-order valence-electron chi connectivity index (χ1n) is 43.1. The molecule has 0 aliphatic carbocycles. The third-order valence-electron chi connectivity index (χ3n) is 22.5. The van der Waals surface area contributed by atoms with E-state index in [1.807, 2.05) is 6.92 Å². The SMILES string of the molecule is CCCC[C@H]1C(=O)N(C)CC(=O)N[C@@H](CC(=O)O)C(=O)N[C@@H](C(C)C)C(=O)N(C)[C@@H](Cc2ccccc2)C(=O)N[C@@H](Cc2ccc(O)cc2)C(=O)N(C)CC(=O)N[C@@H](Cc2c[nH]c3ccccc23)C(=O)N(C)[C@@H](Cc2ccc(O)cc2)C(=O)N[C@@H](CC(C)C)C(=O)N[C@H](C(=O)NCC(N)=O)CSCC(=O)N[C@@H](Cc2ccccc2)C(=O)N(C)[C@@H](Cc2ccccc2)C(=O)N1C. The van der Waals surface area contributed by atoms with Crippen molar-refractivity contribution in [3.05, 3.63) is 203 Å². The summed E-state index contributed by atoms with van der Waals surface area (Å²) in [6, 6.07) is 27.4. The molecule has 36 heteroatoms. The molecule has 15 amide bonds. The molecule has 1 saturated heterocycles. The Labute approximate surface area is 759 Å². The zero-order valence-corrected chi connectivity index (χ0v) is 75.8. The van der Waals surface area contributed by atoms with Gasteiger partial charge in [-0.3, -0.25) is 76.7 Å². The fourth-order valence-corrected chi connectivity index (χ4v) is 16.1. The number of rotatable bonds is 23. The number of carboxylic acid groups (broad SMARTS) is 1. The quantitative estimate of drug-likeness (QED) is 0.0438. The number of aromatic amines is 1. The minimum atomic E-state index is -1.91. The topological polar surface area (TPSA) is 491 Å². The minimum Gasteiger partial charge on any atom is -0.508 e. The van der Waals surface area contributed by atoms with E-state index >= 15 is 43.2 Å². The van der Waals surface area contributed by atoms with Crippen LogP contribution in [-0.4, -0.2) is 284 Å². The number of nitrogens with zero attached hydrogens (tertiary/aromatic N) is 6. The van der Waals surface area contributed by atoms with Crippen LogP contribution < -0.4 is 48.3 Å². The number of amides is 15. The van der Waals surface area contributed by atoms with Crippen LogP contribution in [0.2, 0.25) is 0 Å². The van der Waals surface area contributed by atoms with E-state index in [1.54, 1.807) is 149 Å². The second-order valence-electron chi connectivity index (χ2n) is 33.5. The molecule has 14 N–H and O–H groups in total. The number of carbonyl (C=O) groups excluding carboxylic acids is 15. The predicted octanol–water partition coefficient (Wildman–Crippen LogP) is 2.67. The number of carbonyl (C=O) groups is 16. The van der Waals surface area contributed by atoms with Crippen LogP contribution in [-0.2, 0) is 115 Å². The van der Waals surface area contributed by atoms with Crippen LogP contribution >= 0.6 is 11.8 Å². The fourth-order valence-electron chi connectivity index (χ4n) is 15.2. The Morgan fingerprint density at radius 3 is 1.40 bits per heavy atom. The molecule has 0 unspecified atom stereocenters. The Kier molecular flexibility index (Phi) is 38.4. The molecule has 1 aliphatic rings. The second kappa shape index (κ2) is 49.0. The first-order valence-corrected chi connectivity index (χ1v) is 44.2. The number of phenols is 2. The smallest absolute Gasteiger partial charge is 0.305 e. The van der Waals surface area contributed by atoms with Crippen LogP contribution in [0.4, 0.5) is 0 Å². The van der Waals surface area contributed by atoms with E-state index in [4.69, 9.17) is 5.73 Å². The largest absolute Gasteiger partial charge is 0.508 e. The Bertz CT molecular complexity index is 5100. The first kappa shape index (κ1) is 102. The zero-order valence-electron chi connectivity index (χ0n) is 75.0. The fraction of sp³-hybridized carbons (Fsp3) is 0.426. The van der Waals surface area contributed by atoms with E-state index in [-0.39, 0.29) is 74.5 Å². The highest BCUT2D eigenvalue weighted by Gasteiger charge is 2.43. The van der Waals surface area contributed by atoms with Crippen LogP contribution in [0, 0.1) is 11.8 Å². The van der Waals surface area contributed by atoms with Gasteiger partial charge in [0.25, 0.3) is 0 Å². The Balaban J connectivity index is 1.22. The van der Waals surface area contributed by atoms with Gasteiger partial charge in [-0.05, 0) is 88.4 Å². The van der Waals surface area contributed by atoms with Gasteiger partial charge in [0.2, 0.25) is 88.6 Å². The molecule has 8 rings (SSSR count). The molecule has 130 heavy (non-hydrogen) atoms. The molecule has 0 spiro atoms. The highest BCUT2D eigenvalue weighted by Crippen LogP contribution is 2.26. The third kappa shape index (κ3) is 30.0.